The molecule has 0 bridgehead atoms. The van der Waals surface area contributed by atoms with Gasteiger partial charge in [-0.3, -0.25) is 4.79 Å². The number of carbonyl (C=O) groups excluding carboxylic acids is 1. The van der Waals surface area contributed by atoms with Gasteiger partial charge in [-0.15, -0.1) is 0 Å². The molecular formula is C20H29N3O2. The van der Waals surface area contributed by atoms with Crippen LogP contribution in [0.2, 0.25) is 0 Å². The number of rotatable bonds is 5. The number of anilines is 1. The van der Waals surface area contributed by atoms with E-state index in [4.69, 9.17) is 4.74 Å². The Morgan fingerprint density at radius 2 is 2.24 bits per heavy atom. The van der Waals surface area contributed by atoms with Crippen molar-refractivity contribution in [1.82, 2.24) is 10.6 Å². The molecule has 1 amide bonds. The van der Waals surface area contributed by atoms with Gasteiger partial charge in [0, 0.05) is 43.8 Å². The fraction of sp³-hybridized carbons (Fsp3) is 0.650. The van der Waals surface area contributed by atoms with Crippen molar-refractivity contribution in [3.63, 3.8) is 0 Å². The van der Waals surface area contributed by atoms with Gasteiger partial charge < -0.3 is 20.3 Å². The largest absolute Gasteiger partial charge is 0.379 e. The van der Waals surface area contributed by atoms with Gasteiger partial charge in [-0.25, -0.2) is 0 Å². The van der Waals surface area contributed by atoms with Gasteiger partial charge in [0.05, 0.1) is 13.2 Å². The Morgan fingerprint density at radius 1 is 1.28 bits per heavy atom. The number of benzene rings is 1. The summed E-state index contributed by atoms with van der Waals surface area (Å²) in [6, 6.07) is 9.48. The molecule has 5 nitrogen and oxygen atoms in total. The number of nitrogens with zero attached hydrogens (tertiary/aromatic N) is 1. The molecule has 3 fully saturated rings. The first-order chi connectivity index (χ1) is 12.3. The summed E-state index contributed by atoms with van der Waals surface area (Å²) in [7, 11) is 0. The summed E-state index contributed by atoms with van der Waals surface area (Å²) in [5.74, 6) is 0.910. The molecule has 4 rings (SSSR count). The molecule has 3 aliphatic rings. The second-order valence-corrected chi connectivity index (χ2v) is 7.54. The van der Waals surface area contributed by atoms with Crippen LogP contribution in [0.5, 0.6) is 0 Å². The van der Waals surface area contributed by atoms with E-state index < -0.39 is 0 Å². The van der Waals surface area contributed by atoms with Crippen LogP contribution >= 0.6 is 0 Å². The summed E-state index contributed by atoms with van der Waals surface area (Å²) in [6.07, 6.45) is 5.47. The van der Waals surface area contributed by atoms with E-state index in [-0.39, 0.29) is 5.91 Å². The Morgan fingerprint density at radius 3 is 3.04 bits per heavy atom. The predicted molar refractivity (Wildman–Crippen MR) is 98.6 cm³/mol. The third kappa shape index (κ3) is 3.89. The van der Waals surface area contributed by atoms with Crippen LogP contribution in [-0.2, 0) is 16.1 Å². The number of ether oxygens (including phenoxy) is 1. The molecule has 2 saturated heterocycles. The zero-order chi connectivity index (χ0) is 17.1. The highest BCUT2D eigenvalue weighted by atomic mass is 16.5. The van der Waals surface area contributed by atoms with Gasteiger partial charge in [0.25, 0.3) is 0 Å². The van der Waals surface area contributed by atoms with Crippen LogP contribution in [-0.4, -0.2) is 44.3 Å². The summed E-state index contributed by atoms with van der Waals surface area (Å²) >= 11 is 0. The van der Waals surface area contributed by atoms with Crippen molar-refractivity contribution in [3.05, 3.63) is 29.8 Å². The average Bonchev–Trinajstić information content (AvgIpc) is 3.30. The van der Waals surface area contributed by atoms with Gasteiger partial charge in [0.15, 0.2) is 0 Å². The topological polar surface area (TPSA) is 53.6 Å². The summed E-state index contributed by atoms with van der Waals surface area (Å²) in [5.41, 5.74) is 2.31. The summed E-state index contributed by atoms with van der Waals surface area (Å²) in [6.45, 7) is 4.37. The van der Waals surface area contributed by atoms with Crippen molar-refractivity contribution in [3.8, 4) is 0 Å². The van der Waals surface area contributed by atoms with E-state index in [1.807, 2.05) is 11.0 Å². The normalized spacial score (nSPS) is 30.2. The summed E-state index contributed by atoms with van der Waals surface area (Å²) in [4.78, 5) is 13.9. The summed E-state index contributed by atoms with van der Waals surface area (Å²) in [5, 5.41) is 7.41. The third-order valence-electron chi connectivity index (χ3n) is 5.90. The van der Waals surface area contributed by atoms with Crippen molar-refractivity contribution in [2.45, 2.75) is 50.7 Å². The first-order valence-electron chi connectivity index (χ1n) is 9.75. The SMILES string of the molecule is O=C1CCCN1c1cccc(CNC2CCCC2C2COCCN2)c1. The average molecular weight is 343 g/mol. The lowest BCUT2D eigenvalue weighted by atomic mass is 9.94. The monoisotopic (exact) mass is 343 g/mol. The molecular weight excluding hydrogens is 314 g/mol. The fourth-order valence-corrected chi connectivity index (χ4v) is 4.59. The van der Waals surface area contributed by atoms with Crippen LogP contribution in [0.15, 0.2) is 24.3 Å². The van der Waals surface area contributed by atoms with E-state index in [0.29, 0.717) is 24.4 Å². The molecule has 1 saturated carbocycles. The molecule has 25 heavy (non-hydrogen) atoms. The van der Waals surface area contributed by atoms with Crippen molar-refractivity contribution < 1.29 is 9.53 Å². The number of hydrogen-bond donors (Lipinski definition) is 2. The van der Waals surface area contributed by atoms with Crippen LogP contribution in [0.25, 0.3) is 0 Å². The van der Waals surface area contributed by atoms with Gasteiger partial charge in [-0.2, -0.15) is 0 Å². The Balaban J connectivity index is 1.36. The Hall–Kier alpha value is -1.43. The fourth-order valence-electron chi connectivity index (χ4n) is 4.59. The molecule has 3 unspecified atom stereocenters. The van der Waals surface area contributed by atoms with Gasteiger partial charge in [-0.05, 0) is 42.9 Å². The molecule has 0 spiro atoms. The van der Waals surface area contributed by atoms with Gasteiger partial charge in [-0.1, -0.05) is 18.6 Å². The molecule has 1 aromatic rings. The van der Waals surface area contributed by atoms with Crippen LogP contribution < -0.4 is 15.5 Å². The van der Waals surface area contributed by atoms with Gasteiger partial charge in [0.1, 0.15) is 0 Å². The maximum Gasteiger partial charge on any atom is 0.227 e. The molecule has 2 aliphatic heterocycles. The molecule has 5 heteroatoms. The molecule has 3 atom stereocenters. The van der Waals surface area contributed by atoms with E-state index in [2.05, 4.69) is 28.8 Å². The van der Waals surface area contributed by atoms with Crippen LogP contribution in [0.3, 0.4) is 0 Å². The predicted octanol–water partition coefficient (Wildman–Crippen LogP) is 2.06. The first-order valence-corrected chi connectivity index (χ1v) is 9.75. The number of hydrogen-bond acceptors (Lipinski definition) is 4. The number of carbonyl (C=O) groups is 1. The highest BCUT2D eigenvalue weighted by molar-refractivity contribution is 5.95. The maximum absolute atomic E-state index is 12.0. The van der Waals surface area contributed by atoms with Crippen molar-refractivity contribution >= 4 is 11.6 Å². The zero-order valence-electron chi connectivity index (χ0n) is 14.9. The summed E-state index contributed by atoms with van der Waals surface area (Å²) < 4.78 is 5.66. The maximum atomic E-state index is 12.0. The van der Waals surface area contributed by atoms with E-state index in [9.17, 15) is 4.79 Å². The Kier molecular flexibility index (Phi) is 5.34. The molecule has 136 valence electrons. The van der Waals surface area contributed by atoms with Gasteiger partial charge >= 0.3 is 0 Å². The second kappa shape index (κ2) is 7.85. The number of amides is 1. The minimum Gasteiger partial charge on any atom is -0.379 e. The minimum atomic E-state index is 0.254. The van der Waals surface area contributed by atoms with E-state index in [1.165, 1.54) is 24.8 Å². The van der Waals surface area contributed by atoms with Crippen LogP contribution in [0.1, 0.15) is 37.7 Å². The lowest BCUT2D eigenvalue weighted by Gasteiger charge is -2.33. The van der Waals surface area contributed by atoms with E-state index in [0.717, 1.165) is 45.0 Å². The quantitative estimate of drug-likeness (QED) is 0.859. The lowest BCUT2D eigenvalue weighted by Crippen LogP contribution is -2.50. The lowest BCUT2D eigenvalue weighted by molar-refractivity contribution is -0.117. The molecule has 1 aromatic carbocycles. The highest BCUT2D eigenvalue weighted by Gasteiger charge is 2.34. The standard InChI is InChI=1S/C20H29N3O2/c24-20-8-3-10-23(20)16-5-1-4-15(12-16)13-22-18-7-2-6-17(18)19-14-25-11-9-21-19/h1,4-5,12,17-19,21-22H,2-3,6-11,13-14H2. The van der Waals surface area contributed by atoms with Crippen LogP contribution in [0, 0.1) is 5.92 Å². The smallest absolute Gasteiger partial charge is 0.227 e. The van der Waals surface area contributed by atoms with Gasteiger partial charge in [0.2, 0.25) is 5.91 Å². The zero-order valence-corrected chi connectivity index (χ0v) is 14.9. The number of morpholine rings is 1. The van der Waals surface area contributed by atoms with Crippen molar-refractivity contribution in [2.75, 3.05) is 31.2 Å². The molecule has 2 heterocycles. The van der Waals surface area contributed by atoms with E-state index >= 15 is 0 Å². The minimum absolute atomic E-state index is 0.254. The molecule has 2 N–H and O–H groups in total. The molecule has 0 aromatic heterocycles. The highest BCUT2D eigenvalue weighted by Crippen LogP contribution is 2.30. The first kappa shape index (κ1) is 17.0. The molecule has 0 radical (unpaired) electrons. The van der Waals surface area contributed by atoms with E-state index in [1.54, 1.807) is 0 Å². The molecule has 1 aliphatic carbocycles. The van der Waals surface area contributed by atoms with Crippen molar-refractivity contribution in [1.29, 1.82) is 0 Å². The number of nitrogens with one attached hydrogen (secondary N) is 2. The second-order valence-electron chi connectivity index (χ2n) is 7.54. The Bertz CT molecular complexity index is 600. The van der Waals surface area contributed by atoms with Crippen LogP contribution in [0.4, 0.5) is 5.69 Å². The Labute approximate surface area is 150 Å². The third-order valence-corrected chi connectivity index (χ3v) is 5.90. The van der Waals surface area contributed by atoms with Crippen molar-refractivity contribution in [2.24, 2.45) is 5.92 Å².